The number of fused-ring (bicyclic) bond motifs is 1. The number of ketones is 1. The minimum atomic E-state index is -0.430. The van der Waals surface area contributed by atoms with Gasteiger partial charge in [0.1, 0.15) is 28.2 Å². The van der Waals surface area contributed by atoms with E-state index in [-0.39, 0.29) is 11.5 Å². The van der Waals surface area contributed by atoms with E-state index < -0.39 is 17.3 Å². The van der Waals surface area contributed by atoms with Gasteiger partial charge >= 0.3 is 5.97 Å². The van der Waals surface area contributed by atoms with Gasteiger partial charge in [-0.15, -0.1) is 15.0 Å². The minimum Gasteiger partial charge on any atom is -0.505 e. The molecule has 4 rings (SSSR count). The number of phenolic OH excluding ortho intramolecular Hbond substituents is 1. The predicted octanol–water partition coefficient (Wildman–Crippen LogP) is 5.97. The molecule has 7 nitrogen and oxygen atoms in total. The molecule has 1 atom stereocenters. The molecule has 0 spiro atoms. The molecule has 37 heavy (non-hydrogen) atoms. The predicted molar refractivity (Wildman–Crippen MR) is 143 cm³/mol. The second-order valence-corrected chi connectivity index (χ2v) is 10.2. The smallest absolute Gasteiger partial charge is 0.314 e. The third-order valence-electron chi connectivity index (χ3n) is 6.31. The number of allylic oxidation sites excluding steroid dienone is 1. The number of nitrogens with zero attached hydrogens (tertiary/aromatic N) is 3. The highest BCUT2D eigenvalue weighted by atomic mass is 16.5. The fourth-order valence-corrected chi connectivity index (χ4v) is 4.14. The van der Waals surface area contributed by atoms with Gasteiger partial charge in [0.2, 0.25) is 0 Å². The Morgan fingerprint density at radius 2 is 1.68 bits per heavy atom. The number of phenols is 1. The molecule has 0 amide bonds. The maximum Gasteiger partial charge on any atom is 0.314 e. The van der Waals surface area contributed by atoms with Crippen molar-refractivity contribution in [1.82, 2.24) is 15.0 Å². The van der Waals surface area contributed by atoms with Gasteiger partial charge in [0.25, 0.3) is 0 Å². The summed E-state index contributed by atoms with van der Waals surface area (Å²) in [6.45, 7) is 11.3. The lowest BCUT2D eigenvalue weighted by Crippen LogP contribution is -2.20. The summed E-state index contributed by atoms with van der Waals surface area (Å²) in [4.78, 5) is 26.6. The van der Waals surface area contributed by atoms with Gasteiger partial charge in [-0.1, -0.05) is 70.7 Å². The highest BCUT2D eigenvalue weighted by Gasteiger charge is 2.25. The fourth-order valence-electron chi connectivity index (χ4n) is 4.14. The van der Waals surface area contributed by atoms with Crippen molar-refractivity contribution in [2.24, 2.45) is 5.92 Å². The van der Waals surface area contributed by atoms with Crippen LogP contribution in [0, 0.1) is 5.92 Å². The van der Waals surface area contributed by atoms with Crippen molar-refractivity contribution in [1.29, 1.82) is 0 Å². The van der Waals surface area contributed by atoms with Gasteiger partial charge < -0.3 is 9.84 Å². The molecule has 0 aliphatic rings. The van der Waals surface area contributed by atoms with Crippen molar-refractivity contribution >= 4 is 22.8 Å². The number of carbonyl (C=O) groups is 2. The van der Waals surface area contributed by atoms with Crippen LogP contribution in [0.3, 0.4) is 0 Å². The highest BCUT2D eigenvalue weighted by molar-refractivity contribution is 6.05. The summed E-state index contributed by atoms with van der Waals surface area (Å²) >= 11 is 0. The van der Waals surface area contributed by atoms with Crippen LogP contribution in [-0.4, -0.2) is 31.9 Å². The zero-order valence-corrected chi connectivity index (χ0v) is 21.6. The molecule has 0 aliphatic carbocycles. The first-order valence-corrected chi connectivity index (χ1v) is 12.2. The molecule has 1 aromatic heterocycles. The summed E-state index contributed by atoms with van der Waals surface area (Å²) in [7, 11) is 0. The molecule has 1 N–H and O–H groups in total. The van der Waals surface area contributed by atoms with E-state index in [9.17, 15) is 14.7 Å². The Hall–Kier alpha value is -4.26. The zero-order valence-electron chi connectivity index (χ0n) is 21.6. The van der Waals surface area contributed by atoms with E-state index in [1.165, 1.54) is 10.9 Å². The number of hydrogen-bond donors (Lipinski definition) is 1. The van der Waals surface area contributed by atoms with Gasteiger partial charge in [-0.05, 0) is 48.1 Å². The Morgan fingerprint density at radius 1 is 1.05 bits per heavy atom. The van der Waals surface area contributed by atoms with Crippen molar-refractivity contribution in [3.05, 3.63) is 90.0 Å². The van der Waals surface area contributed by atoms with E-state index in [0.29, 0.717) is 46.4 Å². The lowest BCUT2D eigenvalue weighted by atomic mass is 9.86. The molecule has 0 radical (unpaired) electrons. The van der Waals surface area contributed by atoms with Crippen LogP contribution >= 0.6 is 0 Å². The van der Waals surface area contributed by atoms with Crippen LogP contribution < -0.4 is 4.74 Å². The van der Waals surface area contributed by atoms with Crippen LogP contribution in [0.15, 0.2) is 73.3 Å². The average molecular weight is 498 g/mol. The average Bonchev–Trinajstić information content (AvgIpc) is 3.31. The Bertz CT molecular complexity index is 1450. The van der Waals surface area contributed by atoms with Crippen molar-refractivity contribution in [2.75, 3.05) is 0 Å². The van der Waals surface area contributed by atoms with Crippen LogP contribution in [-0.2, 0) is 16.6 Å². The second-order valence-electron chi connectivity index (χ2n) is 10.2. The Morgan fingerprint density at radius 3 is 2.30 bits per heavy atom. The molecular formula is C30H31N3O4. The summed E-state index contributed by atoms with van der Waals surface area (Å²) in [5.74, 6) is -0.630. The third kappa shape index (κ3) is 5.61. The van der Waals surface area contributed by atoms with Crippen LogP contribution in [0.2, 0.25) is 0 Å². The summed E-state index contributed by atoms with van der Waals surface area (Å²) in [5, 5.41) is 20.1. The molecular weight excluding hydrogens is 466 g/mol. The Balaban J connectivity index is 1.59. The highest BCUT2D eigenvalue weighted by Crippen LogP contribution is 2.38. The molecule has 1 unspecified atom stereocenters. The summed E-state index contributed by atoms with van der Waals surface area (Å²) in [5.41, 5.74) is 3.34. The van der Waals surface area contributed by atoms with E-state index in [1.807, 2.05) is 63.2 Å². The first-order chi connectivity index (χ1) is 17.6. The van der Waals surface area contributed by atoms with Crippen molar-refractivity contribution < 1.29 is 19.4 Å². The number of hydrogen-bond acceptors (Lipinski definition) is 6. The third-order valence-corrected chi connectivity index (χ3v) is 6.31. The van der Waals surface area contributed by atoms with Crippen LogP contribution in [0.4, 0.5) is 0 Å². The van der Waals surface area contributed by atoms with Gasteiger partial charge in [-0.25, -0.2) is 0 Å². The zero-order chi connectivity index (χ0) is 26.7. The number of benzene rings is 3. The maximum absolute atomic E-state index is 13.0. The number of rotatable bonds is 8. The molecule has 190 valence electrons. The van der Waals surface area contributed by atoms with Gasteiger partial charge in [-0.2, -0.15) is 0 Å². The molecule has 0 fully saturated rings. The number of aryl methyl sites for hydroxylation is 1. The number of carbonyl (C=O) groups excluding carboxylic acids is 2. The van der Waals surface area contributed by atoms with Crippen molar-refractivity contribution in [3.8, 4) is 17.2 Å². The van der Waals surface area contributed by atoms with E-state index >= 15 is 0 Å². The van der Waals surface area contributed by atoms with E-state index in [0.717, 1.165) is 5.56 Å². The van der Waals surface area contributed by atoms with E-state index in [2.05, 4.69) is 16.8 Å². The van der Waals surface area contributed by atoms with Crippen LogP contribution in [0.1, 0.15) is 55.6 Å². The van der Waals surface area contributed by atoms with Crippen LogP contribution in [0.5, 0.6) is 11.5 Å². The molecule has 1 heterocycles. The summed E-state index contributed by atoms with van der Waals surface area (Å²) in [6.07, 6.45) is 2.34. The lowest BCUT2D eigenvalue weighted by Gasteiger charge is -2.23. The number of esters is 1. The molecule has 0 saturated heterocycles. The van der Waals surface area contributed by atoms with Crippen molar-refractivity contribution in [3.63, 3.8) is 0 Å². The molecule has 0 saturated carbocycles. The largest absolute Gasteiger partial charge is 0.505 e. The SMILES string of the molecule is C=CC(=O)c1ccccc1CCC(C)C(=O)Oc1cc(-n2nc3ccccc3n2)c(O)c(C(C)(C)C)c1. The minimum absolute atomic E-state index is 0.0316. The molecule has 0 bridgehead atoms. The topological polar surface area (TPSA) is 94.3 Å². The molecule has 3 aromatic carbocycles. The lowest BCUT2D eigenvalue weighted by molar-refractivity contribution is -0.138. The Labute approximate surface area is 216 Å². The van der Waals surface area contributed by atoms with Gasteiger partial charge in [0.05, 0.1) is 5.92 Å². The molecule has 7 heteroatoms. The fraction of sp³-hybridized carbons (Fsp3) is 0.267. The quantitative estimate of drug-likeness (QED) is 0.140. The number of ether oxygens (including phenoxy) is 1. The number of aromatic hydroxyl groups is 1. The van der Waals surface area contributed by atoms with Gasteiger partial charge in [0, 0.05) is 17.2 Å². The number of aromatic nitrogens is 3. The van der Waals surface area contributed by atoms with Crippen molar-refractivity contribution in [2.45, 2.75) is 46.0 Å². The normalized spacial score (nSPS) is 12.3. The van der Waals surface area contributed by atoms with E-state index in [1.54, 1.807) is 25.1 Å². The van der Waals surface area contributed by atoms with E-state index in [4.69, 9.17) is 4.74 Å². The van der Waals surface area contributed by atoms with Gasteiger partial charge in [0.15, 0.2) is 5.78 Å². The van der Waals surface area contributed by atoms with Crippen LogP contribution in [0.25, 0.3) is 16.7 Å². The molecule has 4 aromatic rings. The molecule has 0 aliphatic heterocycles. The Kier molecular flexibility index (Phi) is 7.25. The maximum atomic E-state index is 13.0. The second kappa shape index (κ2) is 10.4. The monoisotopic (exact) mass is 497 g/mol. The van der Waals surface area contributed by atoms with Gasteiger partial charge in [-0.3, -0.25) is 9.59 Å². The standard InChI is InChI=1S/C30H31N3O4/c1-6-27(34)22-12-8-7-11-20(22)16-15-19(2)29(36)37-21-17-23(30(3,4)5)28(35)26(18-21)33-31-24-13-9-10-14-25(24)32-33/h6-14,17-19,35H,1,15-16H2,2-5H3. The first-order valence-electron chi connectivity index (χ1n) is 12.2. The summed E-state index contributed by atoms with van der Waals surface area (Å²) < 4.78 is 5.79. The summed E-state index contributed by atoms with van der Waals surface area (Å²) in [6, 6.07) is 18.0. The first kappa shape index (κ1) is 25.8.